The number of hydrogen-bond acceptors (Lipinski definition) is 6. The van der Waals surface area contributed by atoms with Crippen LogP contribution >= 0.6 is 7.60 Å². The van der Waals surface area contributed by atoms with Gasteiger partial charge in [0.2, 0.25) is 0 Å². The molecular weight excluding hydrogens is 315 g/mol. The second-order valence-electron chi connectivity index (χ2n) is 4.65. The molecule has 0 saturated carbocycles. The highest BCUT2D eigenvalue weighted by Gasteiger charge is 2.27. The Kier molecular flexibility index (Phi) is 7.11. The van der Waals surface area contributed by atoms with Crippen LogP contribution in [0.15, 0.2) is 30.3 Å². The third kappa shape index (κ3) is 6.63. The van der Waals surface area contributed by atoms with Crippen LogP contribution in [0.1, 0.15) is 17.9 Å². The molecule has 9 nitrogen and oxygen atoms in total. The van der Waals surface area contributed by atoms with E-state index < -0.39 is 38.7 Å². The number of aliphatic hydroxyl groups excluding tert-OH is 1. The molecule has 6 N–H and O–H groups in total. The molecule has 0 heterocycles. The molecule has 0 aliphatic heterocycles. The number of aliphatic hydroxyl groups is 2. The Morgan fingerprint density at radius 3 is 2.32 bits per heavy atom. The first-order chi connectivity index (χ1) is 10.2. The molecule has 1 rings (SSSR count). The van der Waals surface area contributed by atoms with Crippen LogP contribution in [0.3, 0.4) is 0 Å². The molecule has 0 aliphatic rings. The summed E-state index contributed by atoms with van der Waals surface area (Å²) in [6.45, 7) is -0.505. The average Bonchev–Trinajstić information content (AvgIpc) is 2.43. The predicted molar refractivity (Wildman–Crippen MR) is 75.6 cm³/mol. The largest absolute Gasteiger partial charge is 0.368 e. The monoisotopic (exact) mass is 334 g/mol. The molecule has 1 unspecified atom stereocenters. The zero-order valence-corrected chi connectivity index (χ0v) is 12.5. The van der Waals surface area contributed by atoms with Gasteiger partial charge in [-0.15, -0.1) is 0 Å². The topological polar surface area (TPSA) is 151 Å². The first kappa shape index (κ1) is 18.7. The highest BCUT2D eigenvalue weighted by atomic mass is 31.2. The number of nitrogens with zero attached hydrogens (tertiary/aromatic N) is 1. The minimum Gasteiger partial charge on any atom is -0.368 e. The number of carbonyl (C=O) groups excluding carboxylic acids is 1. The smallest absolute Gasteiger partial charge is 0.339 e. The molecule has 0 fully saturated rings. The Hall–Kier alpha value is -1.32. The van der Waals surface area contributed by atoms with Gasteiger partial charge in [0.05, 0.1) is 12.6 Å². The summed E-state index contributed by atoms with van der Waals surface area (Å²) in [5.74, 6) is -1.82. The fraction of sp³-hybridized carbons (Fsp3) is 0.417. The maximum absolute atomic E-state index is 12.2. The standard InChI is InChI=1S/C12H19N2O7P/c15-11(16)6-10(9-4-2-1-3-5-9)12(17)14(18)7-13-8-22(19,20)21/h1-5,10-11,13,15-16,18H,6-8H2,(H2,19,20,21). The van der Waals surface area contributed by atoms with Crippen molar-refractivity contribution >= 4 is 13.5 Å². The van der Waals surface area contributed by atoms with Gasteiger partial charge in [-0.3, -0.25) is 19.9 Å². The van der Waals surface area contributed by atoms with Crippen LogP contribution in [0, 0.1) is 0 Å². The number of nitrogens with one attached hydrogen (secondary N) is 1. The molecule has 1 aromatic carbocycles. The van der Waals surface area contributed by atoms with E-state index in [0.29, 0.717) is 5.56 Å². The number of hydroxylamine groups is 2. The molecule has 1 amide bonds. The lowest BCUT2D eigenvalue weighted by molar-refractivity contribution is -0.171. The van der Waals surface area contributed by atoms with Crippen molar-refractivity contribution < 1.29 is 34.6 Å². The highest BCUT2D eigenvalue weighted by Crippen LogP contribution is 2.31. The molecule has 0 radical (unpaired) electrons. The summed E-state index contributed by atoms with van der Waals surface area (Å²) in [5.41, 5.74) is 0.481. The second kappa shape index (κ2) is 8.35. The highest BCUT2D eigenvalue weighted by molar-refractivity contribution is 7.51. The summed E-state index contributed by atoms with van der Waals surface area (Å²) in [6.07, 6.45) is -2.76. The van der Waals surface area contributed by atoms with E-state index in [4.69, 9.17) is 20.0 Å². The average molecular weight is 334 g/mol. The van der Waals surface area contributed by atoms with Crippen LogP contribution in [0.25, 0.3) is 0 Å². The molecule has 0 spiro atoms. The van der Waals surface area contributed by atoms with Gasteiger partial charge in [-0.05, 0) is 5.56 Å². The van der Waals surface area contributed by atoms with Crippen LogP contribution in [0.4, 0.5) is 0 Å². The maximum atomic E-state index is 12.2. The Morgan fingerprint density at radius 1 is 1.23 bits per heavy atom. The van der Waals surface area contributed by atoms with Crippen molar-refractivity contribution in [3.05, 3.63) is 35.9 Å². The van der Waals surface area contributed by atoms with Gasteiger partial charge < -0.3 is 20.0 Å². The van der Waals surface area contributed by atoms with Gasteiger partial charge in [0.1, 0.15) is 6.29 Å². The molecule has 0 aromatic heterocycles. The van der Waals surface area contributed by atoms with E-state index in [0.717, 1.165) is 0 Å². The van der Waals surface area contributed by atoms with Gasteiger partial charge in [0.25, 0.3) is 5.91 Å². The molecule has 1 aromatic rings. The first-order valence-electron chi connectivity index (χ1n) is 6.37. The van der Waals surface area contributed by atoms with E-state index in [1.807, 2.05) is 0 Å². The minimum absolute atomic E-state index is 0.246. The van der Waals surface area contributed by atoms with Crippen molar-refractivity contribution in [1.82, 2.24) is 10.4 Å². The number of amides is 1. The number of hydrogen-bond donors (Lipinski definition) is 6. The summed E-state index contributed by atoms with van der Waals surface area (Å²) in [5, 5.41) is 30.3. The van der Waals surface area contributed by atoms with Crippen molar-refractivity contribution in [2.24, 2.45) is 0 Å². The zero-order valence-electron chi connectivity index (χ0n) is 11.6. The predicted octanol–water partition coefficient (Wildman–Crippen LogP) is -0.629. The lowest BCUT2D eigenvalue weighted by atomic mass is 9.94. The van der Waals surface area contributed by atoms with Crippen LogP contribution in [-0.4, -0.2) is 55.4 Å². The SMILES string of the molecule is O=C(C(CC(O)O)c1ccccc1)N(O)CNCP(=O)(O)O. The molecule has 124 valence electrons. The number of benzene rings is 1. The Morgan fingerprint density at radius 2 is 1.82 bits per heavy atom. The molecule has 22 heavy (non-hydrogen) atoms. The van der Waals surface area contributed by atoms with Crippen LogP contribution in [0.2, 0.25) is 0 Å². The second-order valence-corrected chi connectivity index (χ2v) is 6.29. The Balaban J connectivity index is 2.73. The van der Waals surface area contributed by atoms with Gasteiger partial charge in [-0.2, -0.15) is 0 Å². The van der Waals surface area contributed by atoms with Gasteiger partial charge in [0, 0.05) is 6.42 Å². The van der Waals surface area contributed by atoms with Gasteiger partial charge >= 0.3 is 7.60 Å². The fourth-order valence-corrected chi connectivity index (χ4v) is 2.23. The van der Waals surface area contributed by atoms with Gasteiger partial charge in [-0.1, -0.05) is 30.3 Å². The summed E-state index contributed by atoms with van der Waals surface area (Å²) in [6, 6.07) is 8.24. The number of rotatable bonds is 8. The molecule has 0 saturated heterocycles. The third-order valence-corrected chi connectivity index (χ3v) is 3.42. The van der Waals surface area contributed by atoms with Crippen molar-refractivity contribution in [2.45, 2.75) is 18.6 Å². The van der Waals surface area contributed by atoms with Crippen molar-refractivity contribution in [3.63, 3.8) is 0 Å². The molecule has 0 aliphatic carbocycles. The first-order valence-corrected chi connectivity index (χ1v) is 8.17. The summed E-state index contributed by atoms with van der Waals surface area (Å²) >= 11 is 0. The molecule has 0 bridgehead atoms. The Bertz CT molecular complexity index is 519. The quantitative estimate of drug-likeness (QED) is 0.159. The summed E-state index contributed by atoms with van der Waals surface area (Å²) in [7, 11) is -4.30. The molecule has 10 heteroatoms. The lowest BCUT2D eigenvalue weighted by Gasteiger charge is -2.23. The normalized spacial score (nSPS) is 13.2. The van der Waals surface area contributed by atoms with Crippen LogP contribution in [-0.2, 0) is 9.36 Å². The third-order valence-electron chi connectivity index (χ3n) is 2.78. The van der Waals surface area contributed by atoms with E-state index in [9.17, 15) is 14.6 Å². The van der Waals surface area contributed by atoms with E-state index in [2.05, 4.69) is 5.32 Å². The maximum Gasteiger partial charge on any atom is 0.339 e. The number of carbonyl (C=O) groups is 1. The van der Waals surface area contributed by atoms with Gasteiger partial charge in [0.15, 0.2) is 6.29 Å². The van der Waals surface area contributed by atoms with Crippen molar-refractivity contribution in [3.8, 4) is 0 Å². The van der Waals surface area contributed by atoms with Crippen LogP contribution < -0.4 is 5.32 Å². The van der Waals surface area contributed by atoms with E-state index in [1.54, 1.807) is 30.3 Å². The fourth-order valence-electron chi connectivity index (χ4n) is 1.83. The zero-order chi connectivity index (χ0) is 16.8. The summed E-state index contributed by atoms with van der Waals surface area (Å²) < 4.78 is 10.7. The summed E-state index contributed by atoms with van der Waals surface area (Å²) in [4.78, 5) is 29.5. The van der Waals surface area contributed by atoms with Gasteiger partial charge in [-0.25, -0.2) is 5.06 Å². The minimum atomic E-state index is -4.30. The molecular formula is C12H19N2O7P. The Labute approximate surface area is 126 Å². The lowest BCUT2D eigenvalue weighted by Crippen LogP contribution is -2.40. The van der Waals surface area contributed by atoms with Crippen molar-refractivity contribution in [2.75, 3.05) is 13.0 Å². The van der Waals surface area contributed by atoms with Crippen molar-refractivity contribution in [1.29, 1.82) is 0 Å². The van der Waals surface area contributed by atoms with Crippen LogP contribution in [0.5, 0.6) is 0 Å². The van der Waals surface area contributed by atoms with E-state index in [1.165, 1.54) is 0 Å². The van der Waals surface area contributed by atoms with E-state index >= 15 is 0 Å². The van der Waals surface area contributed by atoms with E-state index in [-0.39, 0.29) is 11.5 Å². The molecule has 1 atom stereocenters.